The number of hydrazine groups is 1. The molecule has 0 aliphatic rings. The van der Waals surface area contributed by atoms with Gasteiger partial charge in [-0.05, 0) is 70.8 Å². The van der Waals surface area contributed by atoms with Crippen molar-refractivity contribution in [3.05, 3.63) is 67.7 Å². The van der Waals surface area contributed by atoms with Crippen LogP contribution in [0.3, 0.4) is 0 Å². The van der Waals surface area contributed by atoms with Crippen LogP contribution in [0.1, 0.15) is 11.1 Å². The van der Waals surface area contributed by atoms with Gasteiger partial charge in [0.2, 0.25) is 0 Å². The van der Waals surface area contributed by atoms with Crippen LogP contribution in [0, 0.1) is 3.57 Å². The van der Waals surface area contributed by atoms with Crippen LogP contribution >= 0.6 is 38.5 Å². The van der Waals surface area contributed by atoms with Crippen LogP contribution in [0.5, 0.6) is 0 Å². The quantitative estimate of drug-likeness (QED) is 0.431. The minimum atomic E-state index is 0.245. The van der Waals surface area contributed by atoms with E-state index < -0.39 is 0 Å². The summed E-state index contributed by atoms with van der Waals surface area (Å²) in [5, 5.41) is 0. The maximum Gasteiger partial charge on any atom is 0.0291 e. The number of halogens is 2. The fraction of sp³-hybridized carbons (Fsp3) is 0.200. The minimum absolute atomic E-state index is 0.245. The Kier molecular flexibility index (Phi) is 5.81. The predicted octanol–water partition coefficient (Wildman–Crippen LogP) is 3.67. The molecule has 0 spiro atoms. The number of benzene rings is 2. The van der Waals surface area contributed by atoms with E-state index in [9.17, 15) is 0 Å². The first-order chi connectivity index (χ1) is 9.17. The fourth-order valence-corrected chi connectivity index (χ4v) is 2.85. The second kappa shape index (κ2) is 7.38. The highest BCUT2D eigenvalue weighted by Gasteiger charge is 2.09. The van der Waals surface area contributed by atoms with E-state index in [2.05, 4.69) is 86.4 Å². The third-order valence-corrected chi connectivity index (χ3v) is 4.21. The molecule has 3 N–H and O–H groups in total. The van der Waals surface area contributed by atoms with E-state index in [0.29, 0.717) is 0 Å². The van der Waals surface area contributed by atoms with Crippen molar-refractivity contribution >= 4 is 38.5 Å². The normalized spacial score (nSPS) is 12.4. The highest BCUT2D eigenvalue weighted by Crippen LogP contribution is 2.15. The second-order valence-electron chi connectivity index (χ2n) is 4.53. The summed E-state index contributed by atoms with van der Waals surface area (Å²) in [6.07, 6.45) is 1.85. The van der Waals surface area contributed by atoms with Crippen molar-refractivity contribution in [1.29, 1.82) is 0 Å². The van der Waals surface area contributed by atoms with Gasteiger partial charge in [-0.1, -0.05) is 40.2 Å². The zero-order valence-electron chi connectivity index (χ0n) is 10.4. The van der Waals surface area contributed by atoms with Crippen LogP contribution in [-0.4, -0.2) is 6.04 Å². The number of hydrogen-bond acceptors (Lipinski definition) is 2. The van der Waals surface area contributed by atoms with Crippen LogP contribution in [0.25, 0.3) is 0 Å². The third kappa shape index (κ3) is 4.87. The van der Waals surface area contributed by atoms with E-state index in [1.165, 1.54) is 14.7 Å². The SMILES string of the molecule is NNC(Cc1ccc(I)cc1)Cc1cccc(Br)c1. The number of hydrogen-bond donors (Lipinski definition) is 2. The Morgan fingerprint density at radius 1 is 1.05 bits per heavy atom. The fourth-order valence-electron chi connectivity index (χ4n) is 2.04. The zero-order chi connectivity index (χ0) is 13.7. The lowest BCUT2D eigenvalue weighted by Gasteiger charge is -2.16. The van der Waals surface area contributed by atoms with Gasteiger partial charge in [0.25, 0.3) is 0 Å². The molecule has 2 nitrogen and oxygen atoms in total. The van der Waals surface area contributed by atoms with Gasteiger partial charge in [0, 0.05) is 14.1 Å². The molecule has 1 unspecified atom stereocenters. The summed E-state index contributed by atoms with van der Waals surface area (Å²) >= 11 is 5.81. The van der Waals surface area contributed by atoms with Gasteiger partial charge in [0.15, 0.2) is 0 Å². The van der Waals surface area contributed by atoms with Gasteiger partial charge >= 0.3 is 0 Å². The number of nitrogens with two attached hydrogens (primary N) is 1. The van der Waals surface area contributed by atoms with E-state index >= 15 is 0 Å². The Balaban J connectivity index is 2.02. The summed E-state index contributed by atoms with van der Waals surface area (Å²) < 4.78 is 2.36. The van der Waals surface area contributed by atoms with Gasteiger partial charge in [-0.2, -0.15) is 0 Å². The Bertz CT molecular complexity index is 528. The van der Waals surface area contributed by atoms with E-state index in [1.54, 1.807) is 0 Å². The topological polar surface area (TPSA) is 38.0 Å². The highest BCUT2D eigenvalue weighted by atomic mass is 127. The lowest BCUT2D eigenvalue weighted by molar-refractivity contribution is 0.522. The van der Waals surface area contributed by atoms with Crippen LogP contribution < -0.4 is 11.3 Å². The van der Waals surface area contributed by atoms with Crippen molar-refractivity contribution in [2.75, 3.05) is 0 Å². The van der Waals surface area contributed by atoms with E-state index in [-0.39, 0.29) is 6.04 Å². The molecular formula is C15H16BrIN2. The molecule has 2 aromatic rings. The molecule has 0 aliphatic heterocycles. The standard InChI is InChI=1S/C15H16BrIN2/c16-13-3-1-2-12(8-13)10-15(19-18)9-11-4-6-14(17)7-5-11/h1-8,15,19H,9-10,18H2. The van der Waals surface area contributed by atoms with Crippen LogP contribution in [0.15, 0.2) is 53.0 Å². The molecule has 19 heavy (non-hydrogen) atoms. The maximum absolute atomic E-state index is 5.67. The summed E-state index contributed by atoms with van der Waals surface area (Å²) in [6, 6.07) is 17.2. The molecule has 4 heteroatoms. The van der Waals surface area contributed by atoms with Crippen LogP contribution in [0.2, 0.25) is 0 Å². The van der Waals surface area contributed by atoms with Crippen LogP contribution in [0.4, 0.5) is 0 Å². The average Bonchev–Trinajstić information content (AvgIpc) is 2.40. The van der Waals surface area contributed by atoms with E-state index in [4.69, 9.17) is 5.84 Å². The summed E-state index contributed by atoms with van der Waals surface area (Å²) in [6.45, 7) is 0. The smallest absolute Gasteiger partial charge is 0.0291 e. The number of rotatable bonds is 5. The summed E-state index contributed by atoms with van der Waals surface area (Å²) in [7, 11) is 0. The largest absolute Gasteiger partial charge is 0.271 e. The lowest BCUT2D eigenvalue weighted by Crippen LogP contribution is -2.38. The van der Waals surface area contributed by atoms with Gasteiger partial charge in [0.1, 0.15) is 0 Å². The molecule has 0 aliphatic carbocycles. The molecule has 1 atom stereocenters. The Morgan fingerprint density at radius 2 is 1.74 bits per heavy atom. The highest BCUT2D eigenvalue weighted by molar-refractivity contribution is 14.1. The molecule has 0 amide bonds. The van der Waals surface area contributed by atoms with Crippen molar-refractivity contribution < 1.29 is 0 Å². The molecule has 0 saturated carbocycles. The molecule has 0 fully saturated rings. The average molecular weight is 431 g/mol. The summed E-state index contributed by atoms with van der Waals surface area (Å²) in [5.74, 6) is 5.67. The van der Waals surface area contributed by atoms with Gasteiger partial charge in [-0.25, -0.2) is 0 Å². The predicted molar refractivity (Wildman–Crippen MR) is 91.8 cm³/mol. The maximum atomic E-state index is 5.67. The lowest BCUT2D eigenvalue weighted by atomic mass is 9.99. The molecule has 0 heterocycles. The molecule has 100 valence electrons. The monoisotopic (exact) mass is 430 g/mol. The molecule has 0 saturated heterocycles. The van der Waals surface area contributed by atoms with Gasteiger partial charge in [-0.3, -0.25) is 11.3 Å². The zero-order valence-corrected chi connectivity index (χ0v) is 14.2. The first-order valence-corrected chi connectivity index (χ1v) is 7.99. The van der Waals surface area contributed by atoms with Gasteiger partial charge < -0.3 is 0 Å². The van der Waals surface area contributed by atoms with Crippen molar-refractivity contribution in [3.8, 4) is 0 Å². The first-order valence-electron chi connectivity index (χ1n) is 6.12. The number of nitrogens with one attached hydrogen (secondary N) is 1. The van der Waals surface area contributed by atoms with Gasteiger partial charge in [0.05, 0.1) is 0 Å². The Labute approximate surface area is 136 Å². The van der Waals surface area contributed by atoms with Crippen molar-refractivity contribution in [3.63, 3.8) is 0 Å². The Morgan fingerprint density at radius 3 is 2.37 bits per heavy atom. The molecule has 0 bridgehead atoms. The minimum Gasteiger partial charge on any atom is -0.271 e. The van der Waals surface area contributed by atoms with E-state index in [0.717, 1.165) is 17.3 Å². The van der Waals surface area contributed by atoms with Crippen molar-refractivity contribution in [2.24, 2.45) is 5.84 Å². The van der Waals surface area contributed by atoms with E-state index in [1.807, 2.05) is 6.07 Å². The molecule has 0 radical (unpaired) electrons. The molecule has 2 rings (SSSR count). The van der Waals surface area contributed by atoms with Gasteiger partial charge in [-0.15, -0.1) is 0 Å². The van der Waals surface area contributed by atoms with Crippen LogP contribution in [-0.2, 0) is 12.8 Å². The molecule has 2 aromatic carbocycles. The Hall–Kier alpha value is -0.430. The second-order valence-corrected chi connectivity index (χ2v) is 6.69. The van der Waals surface area contributed by atoms with Crippen molar-refractivity contribution in [2.45, 2.75) is 18.9 Å². The third-order valence-electron chi connectivity index (χ3n) is 3.00. The molecular weight excluding hydrogens is 415 g/mol. The van der Waals surface area contributed by atoms with Crippen molar-refractivity contribution in [1.82, 2.24) is 5.43 Å². The summed E-state index contributed by atoms with van der Waals surface area (Å²) in [4.78, 5) is 0. The molecule has 0 aromatic heterocycles. The first kappa shape index (κ1) is 15.0. The summed E-state index contributed by atoms with van der Waals surface area (Å²) in [5.41, 5.74) is 5.50.